The van der Waals surface area contributed by atoms with Gasteiger partial charge in [0.15, 0.2) is 6.61 Å². The zero-order chi connectivity index (χ0) is 19.1. The lowest BCUT2D eigenvalue weighted by atomic mass is 10.0. The number of anilines is 1. The van der Waals surface area contributed by atoms with Crippen LogP contribution in [0.15, 0.2) is 54.6 Å². The van der Waals surface area contributed by atoms with Crippen molar-refractivity contribution in [3.63, 3.8) is 0 Å². The van der Waals surface area contributed by atoms with Crippen molar-refractivity contribution in [3.05, 3.63) is 60.2 Å². The third-order valence-electron chi connectivity index (χ3n) is 4.59. The van der Waals surface area contributed by atoms with E-state index in [2.05, 4.69) is 29.7 Å². The number of carbonyl (C=O) groups is 2. The third-order valence-corrected chi connectivity index (χ3v) is 4.59. The van der Waals surface area contributed by atoms with Crippen LogP contribution in [-0.4, -0.2) is 38.2 Å². The molecule has 1 heterocycles. The van der Waals surface area contributed by atoms with Gasteiger partial charge in [0.2, 0.25) is 0 Å². The summed E-state index contributed by atoms with van der Waals surface area (Å²) in [5.74, 6) is 0.909. The van der Waals surface area contributed by atoms with Crippen LogP contribution in [0.4, 0.5) is 10.5 Å². The molecule has 1 unspecified atom stereocenters. The lowest BCUT2D eigenvalue weighted by Crippen LogP contribution is -2.42. The van der Waals surface area contributed by atoms with Crippen LogP contribution < -0.4 is 20.3 Å². The zero-order valence-corrected chi connectivity index (χ0v) is 15.5. The highest BCUT2D eigenvalue weighted by Gasteiger charge is 2.24. The molecule has 2 aromatic rings. The first-order valence-electron chi connectivity index (χ1n) is 9.24. The number of amides is 3. The Hall–Kier alpha value is -3.02. The topological polar surface area (TPSA) is 70.7 Å². The van der Waals surface area contributed by atoms with Crippen molar-refractivity contribution in [1.82, 2.24) is 10.6 Å². The van der Waals surface area contributed by atoms with Gasteiger partial charge in [-0.05, 0) is 30.0 Å². The van der Waals surface area contributed by atoms with Crippen LogP contribution in [0.1, 0.15) is 24.8 Å². The fourth-order valence-corrected chi connectivity index (χ4v) is 3.05. The molecule has 0 spiro atoms. The fourth-order valence-electron chi connectivity index (χ4n) is 3.05. The fraction of sp³-hybridized carbons (Fsp3) is 0.333. The Bertz CT molecular complexity index is 779. The molecule has 0 aromatic heterocycles. The van der Waals surface area contributed by atoms with Gasteiger partial charge in [-0.3, -0.25) is 4.79 Å². The number of ether oxygens (including phenoxy) is 1. The monoisotopic (exact) mass is 367 g/mol. The number of urea groups is 1. The lowest BCUT2D eigenvalue weighted by molar-refractivity contribution is -0.121. The van der Waals surface area contributed by atoms with Crippen molar-refractivity contribution in [2.75, 3.05) is 31.1 Å². The van der Waals surface area contributed by atoms with E-state index in [4.69, 9.17) is 4.74 Å². The molecule has 0 fully saturated rings. The Morgan fingerprint density at radius 3 is 2.67 bits per heavy atom. The number of rotatable bonds is 7. The molecule has 1 atom stereocenters. The predicted molar refractivity (Wildman–Crippen MR) is 105 cm³/mol. The van der Waals surface area contributed by atoms with E-state index < -0.39 is 0 Å². The quantitative estimate of drug-likeness (QED) is 0.739. The summed E-state index contributed by atoms with van der Waals surface area (Å²) < 4.78 is 5.43. The Morgan fingerprint density at radius 2 is 1.85 bits per heavy atom. The average Bonchev–Trinajstić information content (AvgIpc) is 2.71. The number of para-hydroxylation sites is 2. The third kappa shape index (κ3) is 5.00. The highest BCUT2D eigenvalue weighted by atomic mass is 16.5. The summed E-state index contributed by atoms with van der Waals surface area (Å²) in [6.45, 7) is 3.75. The molecule has 0 saturated heterocycles. The molecule has 1 aliphatic heterocycles. The standard InChI is InChI=1S/C21H25N3O3/c1-16(17-8-3-2-4-9-17)14-23-21(26)22-12-7-13-24-18-10-5-6-11-19(18)27-15-20(24)25/h2-6,8-11,16H,7,12-15H2,1H3,(H2,22,23,26). The van der Waals surface area contributed by atoms with E-state index in [1.807, 2.05) is 42.5 Å². The first kappa shape index (κ1) is 18.8. The van der Waals surface area contributed by atoms with Gasteiger partial charge in [0.1, 0.15) is 5.75 Å². The summed E-state index contributed by atoms with van der Waals surface area (Å²) in [6.07, 6.45) is 0.668. The molecule has 2 N–H and O–H groups in total. The van der Waals surface area contributed by atoms with Crippen molar-refractivity contribution >= 4 is 17.6 Å². The van der Waals surface area contributed by atoms with E-state index in [0.717, 1.165) is 11.4 Å². The van der Waals surface area contributed by atoms with Gasteiger partial charge in [0.25, 0.3) is 5.91 Å². The molecule has 1 aliphatic rings. The SMILES string of the molecule is CC(CNC(=O)NCCCN1C(=O)COc2ccccc21)c1ccccc1. The number of carbonyl (C=O) groups excluding carboxylic acids is 2. The summed E-state index contributed by atoms with van der Waals surface area (Å²) in [6, 6.07) is 17.4. The van der Waals surface area contributed by atoms with E-state index in [1.165, 1.54) is 5.56 Å². The number of nitrogens with zero attached hydrogens (tertiary/aromatic N) is 1. The zero-order valence-electron chi connectivity index (χ0n) is 15.5. The van der Waals surface area contributed by atoms with Gasteiger partial charge in [0.05, 0.1) is 5.69 Å². The van der Waals surface area contributed by atoms with E-state index in [0.29, 0.717) is 26.1 Å². The second-order valence-electron chi connectivity index (χ2n) is 6.60. The van der Waals surface area contributed by atoms with Crippen molar-refractivity contribution in [2.45, 2.75) is 19.3 Å². The Balaban J connectivity index is 1.39. The number of nitrogens with one attached hydrogen (secondary N) is 2. The predicted octanol–water partition coefficient (Wildman–Crippen LogP) is 2.91. The molecule has 2 aromatic carbocycles. The van der Waals surface area contributed by atoms with Crippen LogP contribution >= 0.6 is 0 Å². The highest BCUT2D eigenvalue weighted by molar-refractivity contribution is 5.97. The molecule has 6 nitrogen and oxygen atoms in total. The maximum atomic E-state index is 12.1. The van der Waals surface area contributed by atoms with Crippen LogP contribution in [-0.2, 0) is 4.79 Å². The summed E-state index contributed by atoms with van der Waals surface area (Å²) in [7, 11) is 0. The van der Waals surface area contributed by atoms with Crippen LogP contribution in [0.2, 0.25) is 0 Å². The van der Waals surface area contributed by atoms with Crippen LogP contribution in [0.3, 0.4) is 0 Å². The minimum absolute atomic E-state index is 0.0578. The van der Waals surface area contributed by atoms with Gasteiger partial charge in [-0.15, -0.1) is 0 Å². The molecular formula is C21H25N3O3. The molecule has 0 radical (unpaired) electrons. The summed E-state index contributed by atoms with van der Waals surface area (Å²) in [4.78, 5) is 25.8. The average molecular weight is 367 g/mol. The molecule has 3 amide bonds. The van der Waals surface area contributed by atoms with Gasteiger partial charge >= 0.3 is 6.03 Å². The highest BCUT2D eigenvalue weighted by Crippen LogP contribution is 2.31. The van der Waals surface area contributed by atoms with Gasteiger partial charge in [-0.25, -0.2) is 4.79 Å². The second kappa shape index (κ2) is 9.07. The Morgan fingerprint density at radius 1 is 1.11 bits per heavy atom. The Labute approximate surface area is 159 Å². The van der Waals surface area contributed by atoms with Gasteiger partial charge < -0.3 is 20.3 Å². The van der Waals surface area contributed by atoms with Gasteiger partial charge in [0, 0.05) is 19.6 Å². The minimum Gasteiger partial charge on any atom is -0.482 e. The molecule has 142 valence electrons. The second-order valence-corrected chi connectivity index (χ2v) is 6.60. The van der Waals surface area contributed by atoms with Crippen molar-refractivity contribution in [1.29, 1.82) is 0 Å². The largest absolute Gasteiger partial charge is 0.482 e. The summed E-state index contributed by atoms with van der Waals surface area (Å²) in [5.41, 5.74) is 1.98. The first-order valence-corrected chi connectivity index (χ1v) is 9.24. The molecule has 6 heteroatoms. The van der Waals surface area contributed by atoms with Gasteiger partial charge in [-0.2, -0.15) is 0 Å². The molecule has 3 rings (SSSR count). The lowest BCUT2D eigenvalue weighted by Gasteiger charge is -2.29. The summed E-state index contributed by atoms with van der Waals surface area (Å²) >= 11 is 0. The molecule has 27 heavy (non-hydrogen) atoms. The molecule has 0 saturated carbocycles. The molecule has 0 aliphatic carbocycles. The van der Waals surface area contributed by atoms with E-state index in [9.17, 15) is 9.59 Å². The number of benzene rings is 2. The van der Waals surface area contributed by atoms with E-state index in [1.54, 1.807) is 4.90 Å². The number of fused-ring (bicyclic) bond motifs is 1. The number of hydrogen-bond acceptors (Lipinski definition) is 3. The first-order chi connectivity index (χ1) is 13.1. The van der Waals surface area contributed by atoms with Gasteiger partial charge in [-0.1, -0.05) is 49.4 Å². The Kier molecular flexibility index (Phi) is 6.30. The molecular weight excluding hydrogens is 342 g/mol. The van der Waals surface area contributed by atoms with Crippen molar-refractivity contribution in [2.24, 2.45) is 0 Å². The smallest absolute Gasteiger partial charge is 0.314 e. The van der Waals surface area contributed by atoms with Crippen LogP contribution in [0.25, 0.3) is 0 Å². The van der Waals surface area contributed by atoms with Crippen molar-refractivity contribution < 1.29 is 14.3 Å². The van der Waals surface area contributed by atoms with E-state index >= 15 is 0 Å². The maximum absolute atomic E-state index is 12.1. The minimum atomic E-state index is -0.188. The summed E-state index contributed by atoms with van der Waals surface area (Å²) in [5, 5.41) is 5.74. The molecule has 0 bridgehead atoms. The normalized spacial score (nSPS) is 14.1. The maximum Gasteiger partial charge on any atom is 0.314 e. The van der Waals surface area contributed by atoms with Crippen molar-refractivity contribution in [3.8, 4) is 5.75 Å². The van der Waals surface area contributed by atoms with Crippen LogP contribution in [0, 0.1) is 0 Å². The van der Waals surface area contributed by atoms with Crippen LogP contribution in [0.5, 0.6) is 5.75 Å². The van der Waals surface area contributed by atoms with E-state index in [-0.39, 0.29) is 24.5 Å². The number of hydrogen-bond donors (Lipinski definition) is 2.